The largest absolute Gasteiger partial charge is 0.368 e. The summed E-state index contributed by atoms with van der Waals surface area (Å²) >= 11 is 0. The van der Waals surface area contributed by atoms with Crippen LogP contribution >= 0.6 is 0 Å². The minimum atomic E-state index is -0.361. The topological polar surface area (TPSA) is 72.9 Å². The van der Waals surface area contributed by atoms with Crippen LogP contribution in [0.4, 0.5) is 0 Å². The summed E-state index contributed by atoms with van der Waals surface area (Å²) in [6.45, 7) is 2.54. The number of amides is 1. The zero-order valence-electron chi connectivity index (χ0n) is 8.53. The van der Waals surface area contributed by atoms with E-state index in [-0.39, 0.29) is 11.9 Å². The number of carbonyl (C=O) groups excluding carboxylic acids is 1. The molecule has 1 atom stereocenters. The van der Waals surface area contributed by atoms with Crippen molar-refractivity contribution in [2.75, 3.05) is 7.05 Å². The molecule has 1 aromatic heterocycles. The number of rotatable bonds is 5. The maximum absolute atomic E-state index is 10.9. The second kappa shape index (κ2) is 4.76. The Hall–Kier alpha value is -1.36. The Morgan fingerprint density at radius 2 is 2.50 bits per heavy atom. The molecule has 1 amide bonds. The molecule has 0 saturated carbocycles. The predicted molar refractivity (Wildman–Crippen MR) is 53.6 cm³/mol. The van der Waals surface area contributed by atoms with Crippen molar-refractivity contribution in [3.05, 3.63) is 18.0 Å². The number of aromatic nitrogens is 2. The van der Waals surface area contributed by atoms with Crippen LogP contribution in [-0.4, -0.2) is 28.8 Å². The lowest BCUT2D eigenvalue weighted by Crippen LogP contribution is -2.42. The first kappa shape index (κ1) is 10.7. The second-order valence-corrected chi connectivity index (χ2v) is 3.17. The third-order valence-electron chi connectivity index (χ3n) is 2.16. The molecule has 0 aliphatic rings. The molecule has 0 spiro atoms. The van der Waals surface area contributed by atoms with Gasteiger partial charge in [-0.2, -0.15) is 5.10 Å². The average Bonchev–Trinajstić information content (AvgIpc) is 2.61. The average molecular weight is 196 g/mol. The minimum absolute atomic E-state index is 0.360. The van der Waals surface area contributed by atoms with E-state index in [0.717, 1.165) is 12.0 Å². The van der Waals surface area contributed by atoms with E-state index in [2.05, 4.69) is 17.3 Å². The zero-order chi connectivity index (χ0) is 10.6. The van der Waals surface area contributed by atoms with Crippen LogP contribution in [0, 0.1) is 0 Å². The van der Waals surface area contributed by atoms with Gasteiger partial charge in [-0.05, 0) is 19.0 Å². The molecule has 0 fully saturated rings. The van der Waals surface area contributed by atoms with Crippen molar-refractivity contribution in [2.45, 2.75) is 25.9 Å². The van der Waals surface area contributed by atoms with E-state index in [9.17, 15) is 4.79 Å². The van der Waals surface area contributed by atoms with Gasteiger partial charge >= 0.3 is 0 Å². The number of hydrogen-bond acceptors (Lipinski definition) is 3. The van der Waals surface area contributed by atoms with E-state index in [1.54, 1.807) is 17.9 Å². The highest BCUT2D eigenvalue weighted by atomic mass is 16.1. The van der Waals surface area contributed by atoms with Gasteiger partial charge in [-0.15, -0.1) is 0 Å². The number of carbonyl (C=O) groups is 1. The molecule has 0 saturated heterocycles. The van der Waals surface area contributed by atoms with E-state index in [1.807, 2.05) is 6.20 Å². The molecule has 1 unspecified atom stereocenters. The molecular weight excluding hydrogens is 180 g/mol. The maximum atomic E-state index is 10.9. The summed E-state index contributed by atoms with van der Waals surface area (Å²) in [6, 6.07) is -0.361. The van der Waals surface area contributed by atoms with Gasteiger partial charge in [0.15, 0.2) is 0 Å². The fraction of sp³-hybridized carbons (Fsp3) is 0.556. The predicted octanol–water partition coefficient (Wildman–Crippen LogP) is -0.481. The minimum Gasteiger partial charge on any atom is -0.368 e. The SMILES string of the molecule is CCc1cnn(CC(NC)C(N)=O)c1. The number of primary amides is 1. The quantitative estimate of drug-likeness (QED) is 0.668. The first-order valence-electron chi connectivity index (χ1n) is 4.65. The lowest BCUT2D eigenvalue weighted by molar-refractivity contribution is -0.120. The molecular formula is C9H16N4O. The van der Waals surface area contributed by atoms with Crippen molar-refractivity contribution in [1.29, 1.82) is 0 Å². The number of likely N-dealkylation sites (N-methyl/N-ethyl adjacent to an activating group) is 1. The van der Waals surface area contributed by atoms with Gasteiger partial charge < -0.3 is 11.1 Å². The van der Waals surface area contributed by atoms with E-state index < -0.39 is 0 Å². The lowest BCUT2D eigenvalue weighted by Gasteiger charge is -2.11. The van der Waals surface area contributed by atoms with Crippen molar-refractivity contribution in [2.24, 2.45) is 5.73 Å². The van der Waals surface area contributed by atoms with Gasteiger partial charge in [-0.25, -0.2) is 0 Å². The number of aryl methyl sites for hydroxylation is 1. The van der Waals surface area contributed by atoms with Crippen LogP contribution in [0.1, 0.15) is 12.5 Å². The molecule has 3 N–H and O–H groups in total. The fourth-order valence-corrected chi connectivity index (χ4v) is 1.20. The van der Waals surface area contributed by atoms with Crippen LogP contribution in [0.3, 0.4) is 0 Å². The molecule has 1 heterocycles. The van der Waals surface area contributed by atoms with Crippen molar-refractivity contribution in [1.82, 2.24) is 15.1 Å². The monoisotopic (exact) mass is 196 g/mol. The molecule has 1 rings (SSSR count). The normalized spacial score (nSPS) is 12.7. The highest BCUT2D eigenvalue weighted by Gasteiger charge is 2.13. The van der Waals surface area contributed by atoms with Crippen molar-refractivity contribution < 1.29 is 4.79 Å². The molecule has 0 aliphatic carbocycles. The van der Waals surface area contributed by atoms with Gasteiger partial charge in [0, 0.05) is 6.20 Å². The molecule has 0 aromatic carbocycles. The van der Waals surface area contributed by atoms with E-state index in [0.29, 0.717) is 6.54 Å². The summed E-state index contributed by atoms with van der Waals surface area (Å²) in [5, 5.41) is 6.97. The van der Waals surface area contributed by atoms with E-state index >= 15 is 0 Å². The Morgan fingerprint density at radius 3 is 2.93 bits per heavy atom. The number of nitrogens with two attached hydrogens (primary N) is 1. The van der Waals surface area contributed by atoms with Gasteiger partial charge in [-0.1, -0.05) is 6.92 Å². The zero-order valence-corrected chi connectivity index (χ0v) is 8.53. The van der Waals surface area contributed by atoms with Crippen molar-refractivity contribution in [3.8, 4) is 0 Å². The summed E-state index contributed by atoms with van der Waals surface area (Å²) < 4.78 is 1.73. The van der Waals surface area contributed by atoms with Crippen LogP contribution in [0.15, 0.2) is 12.4 Å². The first-order valence-corrected chi connectivity index (χ1v) is 4.65. The smallest absolute Gasteiger partial charge is 0.236 e. The van der Waals surface area contributed by atoms with Gasteiger partial charge in [0.1, 0.15) is 6.04 Å². The fourth-order valence-electron chi connectivity index (χ4n) is 1.20. The third kappa shape index (κ3) is 2.56. The van der Waals surface area contributed by atoms with Crippen LogP contribution in [0.5, 0.6) is 0 Å². The van der Waals surface area contributed by atoms with Crippen LogP contribution < -0.4 is 11.1 Å². The summed E-state index contributed by atoms with van der Waals surface area (Å²) in [5.41, 5.74) is 6.35. The van der Waals surface area contributed by atoms with E-state index in [4.69, 9.17) is 5.73 Å². The maximum Gasteiger partial charge on any atom is 0.236 e. The molecule has 78 valence electrons. The molecule has 0 bridgehead atoms. The summed E-state index contributed by atoms with van der Waals surface area (Å²) in [4.78, 5) is 10.9. The highest BCUT2D eigenvalue weighted by Crippen LogP contribution is 1.99. The van der Waals surface area contributed by atoms with Gasteiger partial charge in [-0.3, -0.25) is 9.48 Å². The summed E-state index contributed by atoms with van der Waals surface area (Å²) in [5.74, 6) is -0.360. The summed E-state index contributed by atoms with van der Waals surface area (Å²) in [6.07, 6.45) is 4.67. The van der Waals surface area contributed by atoms with E-state index in [1.165, 1.54) is 0 Å². The molecule has 5 nitrogen and oxygen atoms in total. The Kier molecular flexibility index (Phi) is 3.64. The van der Waals surface area contributed by atoms with Gasteiger partial charge in [0.25, 0.3) is 0 Å². The Labute approximate surface area is 83.3 Å². The second-order valence-electron chi connectivity index (χ2n) is 3.17. The highest BCUT2D eigenvalue weighted by molar-refractivity contribution is 5.79. The first-order chi connectivity index (χ1) is 6.67. The number of nitrogens with zero attached hydrogens (tertiary/aromatic N) is 2. The van der Waals surface area contributed by atoms with Crippen molar-refractivity contribution >= 4 is 5.91 Å². The number of nitrogens with one attached hydrogen (secondary N) is 1. The van der Waals surface area contributed by atoms with Crippen LogP contribution in [0.2, 0.25) is 0 Å². The van der Waals surface area contributed by atoms with Gasteiger partial charge in [0.2, 0.25) is 5.91 Å². The molecule has 0 radical (unpaired) electrons. The Balaban J connectivity index is 2.62. The molecule has 0 aliphatic heterocycles. The third-order valence-corrected chi connectivity index (χ3v) is 2.16. The summed E-state index contributed by atoms with van der Waals surface area (Å²) in [7, 11) is 1.71. The lowest BCUT2D eigenvalue weighted by atomic mass is 10.3. The van der Waals surface area contributed by atoms with Crippen LogP contribution in [-0.2, 0) is 17.8 Å². The van der Waals surface area contributed by atoms with Crippen molar-refractivity contribution in [3.63, 3.8) is 0 Å². The molecule has 14 heavy (non-hydrogen) atoms. The molecule has 1 aromatic rings. The van der Waals surface area contributed by atoms with Gasteiger partial charge in [0.05, 0.1) is 12.7 Å². The van der Waals surface area contributed by atoms with Crippen LogP contribution in [0.25, 0.3) is 0 Å². The molecule has 5 heteroatoms. The number of hydrogen-bond donors (Lipinski definition) is 2. The Bertz CT molecular complexity index is 308. The standard InChI is InChI=1S/C9H16N4O/c1-3-7-4-12-13(5-7)6-8(11-2)9(10)14/h4-5,8,11H,3,6H2,1-2H3,(H2,10,14). The Morgan fingerprint density at radius 1 is 1.79 bits per heavy atom.